The lowest BCUT2D eigenvalue weighted by molar-refractivity contribution is -0.00708. The molecule has 1 fully saturated rings. The van der Waals surface area contributed by atoms with E-state index >= 15 is 0 Å². The summed E-state index contributed by atoms with van der Waals surface area (Å²) in [7, 11) is 4.84. The van der Waals surface area contributed by atoms with Crippen molar-refractivity contribution in [1.29, 1.82) is 0 Å². The minimum absolute atomic E-state index is 0.0154. The Morgan fingerprint density at radius 2 is 1.40 bits per heavy atom. The first kappa shape index (κ1) is 27.5. The fourth-order valence-electron chi connectivity index (χ4n) is 6.04. The first-order valence-corrected chi connectivity index (χ1v) is 13.7. The van der Waals surface area contributed by atoms with Gasteiger partial charge in [0, 0.05) is 5.92 Å². The molecule has 1 heterocycles. The van der Waals surface area contributed by atoms with Crippen LogP contribution in [0.25, 0.3) is 24.3 Å². The lowest BCUT2D eigenvalue weighted by atomic mass is 9.64. The average Bonchev–Trinajstić information content (AvgIpc) is 2.94. The average molecular weight is 543 g/mol. The van der Waals surface area contributed by atoms with Crippen molar-refractivity contribution in [2.45, 2.75) is 45.6 Å². The standard InChI is InChI=1S/C34H38O6/c1-34(2)14-6-7-29-26(34)20-24-15-22(19-32(39-5)33(24)40-29)8-9-23-16-27(35)25(28(36)17-23)12-10-21-11-13-30(37-3)31(18-21)38-4/h8-13,15-19,26,29,35-36H,6-7,14,20H2,1-5H3/b9-8+,12-10+/t26-,29?/m0/s1. The number of fused-ring (bicyclic) bond motifs is 2. The summed E-state index contributed by atoms with van der Waals surface area (Å²) in [5.74, 6) is 3.28. The third-order valence-electron chi connectivity index (χ3n) is 8.32. The van der Waals surface area contributed by atoms with E-state index in [1.54, 1.807) is 45.6 Å². The van der Waals surface area contributed by atoms with E-state index in [2.05, 4.69) is 19.9 Å². The summed E-state index contributed by atoms with van der Waals surface area (Å²) in [5.41, 5.74) is 4.24. The largest absolute Gasteiger partial charge is 0.507 e. The maximum atomic E-state index is 10.7. The van der Waals surface area contributed by atoms with Gasteiger partial charge in [-0.1, -0.05) is 38.1 Å². The number of phenolic OH excluding ortho intramolecular Hbond substituents is 2. The molecule has 2 atom stereocenters. The molecule has 210 valence electrons. The van der Waals surface area contributed by atoms with Gasteiger partial charge in [0.2, 0.25) is 0 Å². The van der Waals surface area contributed by atoms with Gasteiger partial charge in [-0.2, -0.15) is 0 Å². The molecule has 0 saturated heterocycles. The van der Waals surface area contributed by atoms with E-state index in [0.717, 1.165) is 41.0 Å². The number of ether oxygens (including phenoxy) is 4. The highest BCUT2D eigenvalue weighted by Crippen LogP contribution is 2.50. The summed E-state index contributed by atoms with van der Waals surface area (Å²) in [6, 6.07) is 12.9. The Balaban J connectivity index is 1.38. The molecule has 0 radical (unpaired) electrons. The summed E-state index contributed by atoms with van der Waals surface area (Å²) < 4.78 is 22.9. The number of rotatable bonds is 7. The predicted octanol–water partition coefficient (Wildman–Crippen LogP) is 7.59. The van der Waals surface area contributed by atoms with E-state index in [1.807, 2.05) is 36.4 Å². The van der Waals surface area contributed by atoms with E-state index in [9.17, 15) is 10.2 Å². The Labute approximate surface area is 236 Å². The van der Waals surface area contributed by atoms with E-state index in [-0.39, 0.29) is 23.0 Å². The van der Waals surface area contributed by atoms with Crippen LogP contribution >= 0.6 is 0 Å². The number of hydrogen-bond acceptors (Lipinski definition) is 6. The first-order valence-electron chi connectivity index (χ1n) is 13.7. The molecule has 1 aliphatic carbocycles. The van der Waals surface area contributed by atoms with Crippen LogP contribution in [-0.4, -0.2) is 37.6 Å². The summed E-state index contributed by atoms with van der Waals surface area (Å²) in [6.45, 7) is 4.70. The summed E-state index contributed by atoms with van der Waals surface area (Å²) >= 11 is 0. The normalized spacial score (nSPS) is 19.6. The van der Waals surface area contributed by atoms with Gasteiger partial charge in [0.15, 0.2) is 23.0 Å². The van der Waals surface area contributed by atoms with Crippen LogP contribution in [0.3, 0.4) is 0 Å². The molecule has 3 aromatic rings. The summed E-state index contributed by atoms with van der Waals surface area (Å²) in [5, 5.41) is 21.4. The second-order valence-electron chi connectivity index (χ2n) is 11.3. The van der Waals surface area contributed by atoms with E-state index in [4.69, 9.17) is 18.9 Å². The fraction of sp³-hybridized carbons (Fsp3) is 0.353. The Hall–Kier alpha value is -4.06. The van der Waals surface area contributed by atoms with E-state index in [1.165, 1.54) is 12.8 Å². The monoisotopic (exact) mass is 542 g/mol. The highest BCUT2D eigenvalue weighted by Gasteiger charge is 2.43. The molecular formula is C34H38O6. The number of phenols is 2. The Morgan fingerprint density at radius 1 is 0.775 bits per heavy atom. The van der Waals surface area contributed by atoms with Crippen LogP contribution in [0.5, 0.6) is 34.5 Å². The van der Waals surface area contributed by atoms with Gasteiger partial charge >= 0.3 is 0 Å². The first-order chi connectivity index (χ1) is 19.2. The molecule has 40 heavy (non-hydrogen) atoms. The maximum Gasteiger partial charge on any atom is 0.164 e. The highest BCUT2D eigenvalue weighted by atomic mass is 16.5. The zero-order chi connectivity index (χ0) is 28.4. The van der Waals surface area contributed by atoms with Crippen LogP contribution in [0.1, 0.15) is 60.9 Å². The summed E-state index contributed by atoms with van der Waals surface area (Å²) in [6.07, 6.45) is 12.0. The lowest BCUT2D eigenvalue weighted by Gasteiger charge is -2.47. The molecule has 1 aliphatic heterocycles. The van der Waals surface area contributed by atoms with Crippen LogP contribution in [-0.2, 0) is 6.42 Å². The molecule has 2 N–H and O–H groups in total. The van der Waals surface area contributed by atoms with Crippen LogP contribution < -0.4 is 18.9 Å². The van der Waals surface area contributed by atoms with Crippen LogP contribution in [0, 0.1) is 11.3 Å². The fourth-order valence-corrected chi connectivity index (χ4v) is 6.04. The van der Waals surface area contributed by atoms with Crippen molar-refractivity contribution in [3.8, 4) is 34.5 Å². The third kappa shape index (κ3) is 5.48. The van der Waals surface area contributed by atoms with Crippen molar-refractivity contribution in [3.05, 3.63) is 70.3 Å². The van der Waals surface area contributed by atoms with Crippen molar-refractivity contribution in [2.75, 3.05) is 21.3 Å². The third-order valence-corrected chi connectivity index (χ3v) is 8.32. The second kappa shape index (κ2) is 11.2. The highest BCUT2D eigenvalue weighted by molar-refractivity contribution is 5.80. The van der Waals surface area contributed by atoms with Gasteiger partial charge in [-0.25, -0.2) is 0 Å². The number of benzene rings is 3. The lowest BCUT2D eigenvalue weighted by Crippen LogP contribution is -2.45. The Bertz CT molecular complexity index is 1430. The molecule has 3 aromatic carbocycles. The second-order valence-corrected chi connectivity index (χ2v) is 11.3. The quantitative estimate of drug-likeness (QED) is 0.300. The molecule has 0 spiro atoms. The maximum absolute atomic E-state index is 10.7. The van der Waals surface area contributed by atoms with Gasteiger partial charge < -0.3 is 29.2 Å². The van der Waals surface area contributed by atoms with Gasteiger partial charge in [-0.05, 0) is 95.8 Å². The SMILES string of the molecule is COc1ccc(/C=C/c2c(O)cc(/C=C/c3cc4c(c(OC)c3)OC3CCCC(C)(C)[C@H]3C4)cc2O)cc1OC. The van der Waals surface area contributed by atoms with Crippen LogP contribution in [0.15, 0.2) is 42.5 Å². The van der Waals surface area contributed by atoms with E-state index < -0.39 is 0 Å². The van der Waals surface area contributed by atoms with Gasteiger partial charge in [0.25, 0.3) is 0 Å². The predicted molar refractivity (Wildman–Crippen MR) is 159 cm³/mol. The van der Waals surface area contributed by atoms with Gasteiger partial charge in [-0.15, -0.1) is 0 Å². The molecule has 0 bridgehead atoms. The molecule has 5 rings (SSSR count). The van der Waals surface area contributed by atoms with Gasteiger partial charge in [-0.3, -0.25) is 0 Å². The van der Waals surface area contributed by atoms with Crippen LogP contribution in [0.2, 0.25) is 0 Å². The van der Waals surface area contributed by atoms with Gasteiger partial charge in [0.05, 0.1) is 26.9 Å². The number of hydrogen-bond donors (Lipinski definition) is 2. The van der Waals surface area contributed by atoms with Crippen molar-refractivity contribution in [3.63, 3.8) is 0 Å². The number of aromatic hydroxyl groups is 2. The van der Waals surface area contributed by atoms with Crippen molar-refractivity contribution in [2.24, 2.45) is 11.3 Å². The Kier molecular flexibility index (Phi) is 7.70. The molecule has 6 heteroatoms. The smallest absolute Gasteiger partial charge is 0.164 e. The summed E-state index contributed by atoms with van der Waals surface area (Å²) in [4.78, 5) is 0. The minimum atomic E-state index is -0.0154. The Morgan fingerprint density at radius 3 is 2.08 bits per heavy atom. The zero-order valence-electron chi connectivity index (χ0n) is 23.9. The van der Waals surface area contributed by atoms with Crippen molar-refractivity contribution in [1.82, 2.24) is 0 Å². The molecule has 0 aromatic heterocycles. The molecule has 0 amide bonds. The van der Waals surface area contributed by atoms with E-state index in [0.29, 0.717) is 28.5 Å². The molecule has 6 nitrogen and oxygen atoms in total. The van der Waals surface area contributed by atoms with Crippen molar-refractivity contribution >= 4 is 24.3 Å². The molecule has 2 aliphatic rings. The molecule has 1 saturated carbocycles. The molecule has 1 unspecified atom stereocenters. The van der Waals surface area contributed by atoms with Crippen molar-refractivity contribution < 1.29 is 29.2 Å². The van der Waals surface area contributed by atoms with Crippen LogP contribution in [0.4, 0.5) is 0 Å². The van der Waals surface area contributed by atoms with Gasteiger partial charge in [0.1, 0.15) is 17.6 Å². The zero-order valence-corrected chi connectivity index (χ0v) is 23.9. The molecular weight excluding hydrogens is 504 g/mol. The number of methoxy groups -OCH3 is 3. The minimum Gasteiger partial charge on any atom is -0.507 e. The topological polar surface area (TPSA) is 77.4 Å².